The minimum atomic E-state index is -5.43. The van der Waals surface area contributed by atoms with Gasteiger partial charge >= 0.3 is 15.5 Å². The standard InChI is InChI=1S/2C21H20FN5O3.C20H18FN5O2.C19H15F4N5O3S/c2*1-11(28)21(30)27-9-14(10-27)25-20(29)16-8-24-19(23)18-15(16)5-6-17(26-18)12-3-2-4-13(22)7-12;1-11(27)26-9-14(10-26)24-20(28)16-8-23-19(22)18-15(16)5-6-17(25-18)12-3-2-4-13(21)7-12;20-11-3-1-2-10(6-11)15-5-4-13-14(7-25-17(24)16(13)27-15)18(29)26-12-8-28(9-12)32(30,31)19(21,22)23/h2*2-8,11,14,28H,9-10H2,1H3,(H2,23,24)(H,25,29);2-8,14H,9-10H2,1H3,(H2,22,23)(H,24,28);1-7,12H,8-9H2,(H2,24,25)(H,26,29)/t2*11-;;/m10../s1. The molecule has 4 aromatic carbocycles. The average Bonchev–Trinajstić information content (AvgIpc) is 0.750. The first-order valence-electron chi connectivity index (χ1n) is 36.8. The number of fused-ring (bicyclic) bond motifs is 4. The Labute approximate surface area is 677 Å². The fraction of sp³-hybridized carbons (Fsp3) is 0.222. The molecule has 14 N–H and O–H groups in total. The Morgan fingerprint density at radius 2 is 0.642 bits per heavy atom. The number of halogens is 7. The lowest BCUT2D eigenvalue weighted by molar-refractivity contribution is -0.144. The van der Waals surface area contributed by atoms with Gasteiger partial charge in [-0.15, -0.1) is 0 Å². The van der Waals surface area contributed by atoms with Crippen LogP contribution in [0.15, 0.2) is 170 Å². The largest absolute Gasteiger partial charge is 0.511 e. The number of aliphatic hydroxyl groups is 2. The van der Waals surface area contributed by atoms with Gasteiger partial charge in [0.1, 0.15) is 80.8 Å². The third kappa shape index (κ3) is 18.4. The summed E-state index contributed by atoms with van der Waals surface area (Å²) >= 11 is 0. The summed E-state index contributed by atoms with van der Waals surface area (Å²) in [7, 11) is -5.43. The third-order valence-electron chi connectivity index (χ3n) is 19.8. The number of nitrogens with zero attached hydrogens (tertiary/aromatic N) is 12. The van der Waals surface area contributed by atoms with Crippen LogP contribution < -0.4 is 44.2 Å². The Kier molecular flexibility index (Phi) is 24.2. The van der Waals surface area contributed by atoms with Gasteiger partial charge in [0.25, 0.3) is 35.4 Å². The first-order chi connectivity index (χ1) is 57.0. The second kappa shape index (κ2) is 34.6. The third-order valence-corrected chi connectivity index (χ3v) is 21.3. The number of likely N-dealkylation sites (tertiary alicyclic amines) is 3. The van der Waals surface area contributed by atoms with Crippen molar-refractivity contribution in [1.82, 2.24) is 80.1 Å². The summed E-state index contributed by atoms with van der Waals surface area (Å²) in [4.78, 5) is 124. The summed E-state index contributed by atoms with van der Waals surface area (Å²) < 4.78 is 115. The molecule has 0 saturated carbocycles. The Bertz CT molecular complexity index is 6010. The van der Waals surface area contributed by atoms with Crippen LogP contribution in [0.2, 0.25) is 0 Å². The fourth-order valence-corrected chi connectivity index (χ4v) is 14.3. The number of amides is 7. The maximum Gasteiger partial charge on any atom is 0.511 e. The Morgan fingerprint density at radius 3 is 0.867 bits per heavy atom. The highest BCUT2D eigenvalue weighted by molar-refractivity contribution is 7.90. The first kappa shape index (κ1) is 83.9. The van der Waals surface area contributed by atoms with E-state index in [2.05, 4.69) is 61.1 Å². The molecular weight excluding hydrogens is 1590 g/mol. The number of nitrogens with one attached hydrogen (secondary N) is 4. The molecule has 0 bridgehead atoms. The van der Waals surface area contributed by atoms with E-state index in [0.29, 0.717) is 139 Å². The number of benzene rings is 4. The normalized spacial score (nSPS) is 14.9. The number of hydrogen-bond acceptors (Lipinski definition) is 23. The van der Waals surface area contributed by atoms with Crippen LogP contribution in [0.25, 0.3) is 88.6 Å². The molecule has 7 amide bonds. The van der Waals surface area contributed by atoms with Crippen LogP contribution in [0, 0.1) is 23.3 Å². The summed E-state index contributed by atoms with van der Waals surface area (Å²) in [5.74, 6) is -3.46. The van der Waals surface area contributed by atoms with Gasteiger partial charge in [0.05, 0.1) is 69.2 Å². The number of aromatic nitrogens is 8. The average molecular weight is 1670 g/mol. The number of nitrogens with two attached hydrogens (primary N) is 4. The van der Waals surface area contributed by atoms with Crippen LogP contribution >= 0.6 is 0 Å². The molecule has 0 radical (unpaired) electrons. The lowest BCUT2D eigenvalue weighted by atomic mass is 10.0. The molecule has 4 aliphatic heterocycles. The van der Waals surface area contributed by atoms with E-state index < -0.39 is 58.6 Å². The van der Waals surface area contributed by atoms with E-state index in [1.165, 1.54) is 110 Å². The molecular formula is C81H73F7N20O11S. The number of hydrogen-bond donors (Lipinski definition) is 10. The van der Waals surface area contributed by atoms with Crippen molar-refractivity contribution in [3.05, 3.63) is 216 Å². The number of rotatable bonds is 15. The molecule has 16 rings (SSSR count). The minimum Gasteiger partial charge on any atom is -0.384 e. The zero-order valence-corrected chi connectivity index (χ0v) is 64.4. The summed E-state index contributed by atoms with van der Waals surface area (Å²) in [5.41, 5.74) is 24.9. The van der Waals surface area contributed by atoms with E-state index in [0.717, 1.165) is 0 Å². The van der Waals surface area contributed by atoms with Crippen molar-refractivity contribution in [3.8, 4) is 45.0 Å². The zero-order valence-electron chi connectivity index (χ0n) is 63.6. The highest BCUT2D eigenvalue weighted by atomic mass is 32.2. The lowest BCUT2D eigenvalue weighted by Gasteiger charge is -2.40. The van der Waals surface area contributed by atoms with Gasteiger partial charge in [0.15, 0.2) is 0 Å². The van der Waals surface area contributed by atoms with E-state index >= 15 is 0 Å². The molecule has 2 atom stereocenters. The highest BCUT2D eigenvalue weighted by Gasteiger charge is 2.54. The number of carbonyl (C=O) groups is 7. The van der Waals surface area contributed by atoms with Crippen LogP contribution in [0.1, 0.15) is 62.2 Å². The summed E-state index contributed by atoms with van der Waals surface area (Å²) in [6, 6.07) is 35.9. The van der Waals surface area contributed by atoms with Crippen molar-refractivity contribution in [1.29, 1.82) is 0 Å². The summed E-state index contributed by atoms with van der Waals surface area (Å²) in [6.45, 7) is 5.61. The van der Waals surface area contributed by atoms with E-state index in [1.807, 2.05) is 0 Å². The van der Waals surface area contributed by atoms with E-state index in [-0.39, 0.29) is 110 Å². The van der Waals surface area contributed by atoms with Crippen molar-refractivity contribution in [2.75, 3.05) is 75.3 Å². The quantitative estimate of drug-likeness (QED) is 0.0464. The smallest absolute Gasteiger partial charge is 0.384 e. The minimum absolute atomic E-state index is 0.0146. The topological polar surface area (TPSA) is 462 Å². The van der Waals surface area contributed by atoms with Crippen LogP contribution in [-0.2, 0) is 24.4 Å². The van der Waals surface area contributed by atoms with Gasteiger partial charge in [-0.05, 0) is 111 Å². The number of anilines is 4. The van der Waals surface area contributed by atoms with Crippen molar-refractivity contribution in [2.24, 2.45) is 0 Å². The van der Waals surface area contributed by atoms with Crippen molar-refractivity contribution in [3.63, 3.8) is 0 Å². The highest BCUT2D eigenvalue weighted by Crippen LogP contribution is 2.34. The second-order valence-electron chi connectivity index (χ2n) is 28.4. The van der Waals surface area contributed by atoms with Gasteiger partial charge in [-0.1, -0.05) is 48.5 Å². The maximum atomic E-state index is 13.5. The Morgan fingerprint density at radius 1 is 0.400 bits per heavy atom. The summed E-state index contributed by atoms with van der Waals surface area (Å²) in [5, 5.41) is 31.7. The monoisotopic (exact) mass is 1670 g/mol. The molecule has 0 unspecified atom stereocenters. The van der Waals surface area contributed by atoms with Gasteiger partial charge in [-0.25, -0.2) is 65.9 Å². The second-order valence-corrected chi connectivity index (χ2v) is 30.3. The lowest BCUT2D eigenvalue weighted by Crippen LogP contribution is -2.62. The van der Waals surface area contributed by atoms with Crippen molar-refractivity contribution in [2.45, 2.75) is 62.7 Å². The van der Waals surface area contributed by atoms with Gasteiger partial charge in [-0.2, -0.15) is 17.5 Å². The number of nitrogen functional groups attached to an aromatic ring is 4. The van der Waals surface area contributed by atoms with Gasteiger partial charge in [0, 0.05) is 128 Å². The van der Waals surface area contributed by atoms with Crippen LogP contribution in [-0.4, -0.2) is 213 Å². The number of pyridine rings is 8. The number of carbonyl (C=O) groups excluding carboxylic acids is 7. The van der Waals surface area contributed by atoms with Crippen LogP contribution in [0.5, 0.6) is 0 Å². The molecule has 31 nitrogen and oxygen atoms in total. The first-order valence-corrected chi connectivity index (χ1v) is 38.2. The van der Waals surface area contributed by atoms with Crippen LogP contribution in [0.4, 0.5) is 54.0 Å². The van der Waals surface area contributed by atoms with Gasteiger partial charge in [0.2, 0.25) is 5.91 Å². The predicted molar refractivity (Wildman–Crippen MR) is 428 cm³/mol. The number of alkyl halides is 3. The molecule has 4 saturated heterocycles. The molecule has 4 fully saturated rings. The maximum absolute atomic E-state index is 13.5. The van der Waals surface area contributed by atoms with E-state index in [4.69, 9.17) is 22.9 Å². The molecule has 8 aromatic heterocycles. The van der Waals surface area contributed by atoms with E-state index in [9.17, 15) is 82.9 Å². The van der Waals surface area contributed by atoms with Crippen molar-refractivity contribution < 1.29 is 82.9 Å². The van der Waals surface area contributed by atoms with Crippen LogP contribution in [0.3, 0.4) is 0 Å². The van der Waals surface area contributed by atoms with Gasteiger partial charge in [-0.3, -0.25) is 33.6 Å². The summed E-state index contributed by atoms with van der Waals surface area (Å²) in [6.07, 6.45) is 3.25. The Balaban J connectivity index is 0.000000138. The molecule has 0 spiro atoms. The zero-order chi connectivity index (χ0) is 85.9. The SMILES string of the molecule is CC(=O)N1CC(NC(=O)c2cnc(N)c3nc(-c4cccc(F)c4)ccc23)C1.C[C@@H](O)C(=O)N1CC(NC(=O)c2cnc(N)c3nc(-c4cccc(F)c4)ccc23)C1.C[C@H](O)C(=O)N1CC(NC(=O)c2cnc(N)c3nc(-c4cccc(F)c4)ccc23)C1.Nc1ncc(C(=O)NC2CN(S(=O)(=O)C(F)(F)F)C2)c2ccc(-c3cccc(F)c3)nc12. The molecule has 39 heteroatoms. The molecule has 12 heterocycles. The molecule has 4 aliphatic rings. The van der Waals surface area contributed by atoms with Gasteiger partial charge < -0.3 is 69.1 Å². The number of sulfonamides is 1. The van der Waals surface area contributed by atoms with Crippen molar-refractivity contribution >= 4 is 118 Å². The Hall–Kier alpha value is -14.1. The molecule has 12 aromatic rings. The molecule has 0 aliphatic carbocycles. The molecule has 120 heavy (non-hydrogen) atoms. The predicted octanol–water partition coefficient (Wildman–Crippen LogP) is 6.94. The molecule has 618 valence electrons. The van der Waals surface area contributed by atoms with E-state index in [1.54, 1.807) is 95.9 Å². The number of aliphatic hydroxyl groups excluding tert-OH is 2. The fourth-order valence-electron chi connectivity index (χ4n) is 13.3.